The zero-order valence-electron chi connectivity index (χ0n) is 10.4. The number of ether oxygens (including phenoxy) is 1. The summed E-state index contributed by atoms with van der Waals surface area (Å²) in [5, 5.41) is 3.26. The van der Waals surface area contributed by atoms with Gasteiger partial charge in [0.1, 0.15) is 11.8 Å². The van der Waals surface area contributed by atoms with Crippen molar-refractivity contribution in [2.24, 2.45) is 0 Å². The number of H-pyrrole nitrogens is 1. The number of fused-ring (bicyclic) bond motifs is 1. The van der Waals surface area contributed by atoms with Gasteiger partial charge in [0.25, 0.3) is 0 Å². The molecule has 2 N–H and O–H groups in total. The smallest absolute Gasteiger partial charge is 0.218 e. The van der Waals surface area contributed by atoms with Crippen molar-refractivity contribution in [3.05, 3.63) is 42.5 Å². The molecule has 0 aliphatic rings. The molecule has 6 nitrogen and oxygen atoms in total. The Hall–Kier alpha value is -2.63. The standard InChI is InChI=1S/C13H13N5O/c1-19-13-9(3-2-5-15-13)7-16-12-11-10(4-6-14-11)17-8-18-12/h2-6,8,14H,7H2,1H3,(H,16,17,18). The van der Waals surface area contributed by atoms with Crippen LogP contribution in [0.4, 0.5) is 5.82 Å². The van der Waals surface area contributed by atoms with Crippen LogP contribution in [0.2, 0.25) is 0 Å². The molecule has 0 atom stereocenters. The van der Waals surface area contributed by atoms with E-state index in [1.165, 1.54) is 0 Å². The van der Waals surface area contributed by atoms with Crippen molar-refractivity contribution < 1.29 is 4.74 Å². The summed E-state index contributed by atoms with van der Waals surface area (Å²) in [5.41, 5.74) is 2.75. The Bertz CT molecular complexity index is 694. The number of rotatable bonds is 4. The highest BCUT2D eigenvalue weighted by Crippen LogP contribution is 2.19. The normalized spacial score (nSPS) is 10.6. The molecular formula is C13H13N5O. The first-order chi connectivity index (χ1) is 9.38. The fourth-order valence-corrected chi connectivity index (χ4v) is 1.93. The van der Waals surface area contributed by atoms with Gasteiger partial charge in [0.05, 0.1) is 12.6 Å². The number of nitrogens with one attached hydrogen (secondary N) is 2. The Labute approximate surface area is 109 Å². The minimum absolute atomic E-state index is 0.585. The maximum absolute atomic E-state index is 5.21. The molecule has 0 aliphatic heterocycles. The highest BCUT2D eigenvalue weighted by molar-refractivity contribution is 5.85. The van der Waals surface area contributed by atoms with Crippen LogP contribution in [0.15, 0.2) is 36.9 Å². The van der Waals surface area contributed by atoms with Gasteiger partial charge >= 0.3 is 0 Å². The topological polar surface area (TPSA) is 75.7 Å². The monoisotopic (exact) mass is 255 g/mol. The summed E-state index contributed by atoms with van der Waals surface area (Å²) >= 11 is 0. The average molecular weight is 255 g/mol. The second kappa shape index (κ2) is 4.93. The summed E-state index contributed by atoms with van der Waals surface area (Å²) in [6.45, 7) is 0.585. The summed E-state index contributed by atoms with van der Waals surface area (Å²) in [7, 11) is 1.61. The summed E-state index contributed by atoms with van der Waals surface area (Å²) in [6.07, 6.45) is 5.09. The summed E-state index contributed by atoms with van der Waals surface area (Å²) in [6, 6.07) is 5.75. The second-order valence-corrected chi connectivity index (χ2v) is 3.99. The SMILES string of the molecule is COc1ncccc1CNc1ncnc2cc[nH]c12. The molecule has 0 unspecified atom stereocenters. The third-order valence-corrected chi connectivity index (χ3v) is 2.84. The van der Waals surface area contributed by atoms with Gasteiger partial charge in [-0.25, -0.2) is 15.0 Å². The van der Waals surface area contributed by atoms with Gasteiger partial charge in [-0.15, -0.1) is 0 Å². The zero-order valence-corrected chi connectivity index (χ0v) is 10.4. The van der Waals surface area contributed by atoms with E-state index in [1.54, 1.807) is 19.6 Å². The number of anilines is 1. The molecule has 0 amide bonds. The van der Waals surface area contributed by atoms with Crippen molar-refractivity contribution in [2.75, 3.05) is 12.4 Å². The van der Waals surface area contributed by atoms with Gasteiger partial charge in [0.15, 0.2) is 5.82 Å². The highest BCUT2D eigenvalue weighted by atomic mass is 16.5. The summed E-state index contributed by atoms with van der Waals surface area (Å²) < 4.78 is 5.21. The Kier molecular flexibility index (Phi) is 2.97. The molecule has 6 heteroatoms. The lowest BCUT2D eigenvalue weighted by Crippen LogP contribution is -2.04. The van der Waals surface area contributed by atoms with Crippen LogP contribution in [0.1, 0.15) is 5.56 Å². The fraction of sp³-hybridized carbons (Fsp3) is 0.154. The lowest BCUT2D eigenvalue weighted by Gasteiger charge is -2.09. The van der Waals surface area contributed by atoms with Crippen LogP contribution >= 0.6 is 0 Å². The average Bonchev–Trinajstić information content (AvgIpc) is 2.94. The summed E-state index contributed by atoms with van der Waals surface area (Å²) in [5.74, 6) is 1.38. The van der Waals surface area contributed by atoms with E-state index in [0.29, 0.717) is 12.4 Å². The van der Waals surface area contributed by atoms with Crippen LogP contribution in [-0.2, 0) is 6.54 Å². The molecule has 0 saturated carbocycles. The molecule has 0 spiro atoms. The molecule has 3 rings (SSSR count). The van der Waals surface area contributed by atoms with E-state index < -0.39 is 0 Å². The van der Waals surface area contributed by atoms with Gasteiger partial charge in [0, 0.05) is 24.5 Å². The molecule has 0 aromatic carbocycles. The van der Waals surface area contributed by atoms with Crippen molar-refractivity contribution in [3.63, 3.8) is 0 Å². The molecule has 3 heterocycles. The van der Waals surface area contributed by atoms with Crippen LogP contribution in [0, 0.1) is 0 Å². The van der Waals surface area contributed by atoms with Crippen LogP contribution in [-0.4, -0.2) is 27.0 Å². The quantitative estimate of drug-likeness (QED) is 0.745. The van der Waals surface area contributed by atoms with E-state index in [9.17, 15) is 0 Å². The highest BCUT2D eigenvalue weighted by Gasteiger charge is 2.06. The van der Waals surface area contributed by atoms with Gasteiger partial charge in [-0.2, -0.15) is 0 Å². The van der Waals surface area contributed by atoms with Crippen LogP contribution in [0.25, 0.3) is 11.0 Å². The summed E-state index contributed by atoms with van der Waals surface area (Å²) in [4.78, 5) is 15.7. The molecule has 0 bridgehead atoms. The van der Waals surface area contributed by atoms with Crippen LogP contribution < -0.4 is 10.1 Å². The third-order valence-electron chi connectivity index (χ3n) is 2.84. The predicted octanol–water partition coefficient (Wildman–Crippen LogP) is 1.97. The van der Waals surface area contributed by atoms with Crippen molar-refractivity contribution in [1.82, 2.24) is 19.9 Å². The van der Waals surface area contributed by atoms with Gasteiger partial charge < -0.3 is 15.0 Å². The lowest BCUT2D eigenvalue weighted by molar-refractivity contribution is 0.393. The van der Waals surface area contributed by atoms with E-state index in [2.05, 4.69) is 25.3 Å². The van der Waals surface area contributed by atoms with Gasteiger partial charge in [-0.3, -0.25) is 0 Å². The van der Waals surface area contributed by atoms with E-state index >= 15 is 0 Å². The number of aromatic amines is 1. The van der Waals surface area contributed by atoms with Crippen LogP contribution in [0.3, 0.4) is 0 Å². The first kappa shape index (κ1) is 11.5. The molecule has 0 saturated heterocycles. The maximum Gasteiger partial charge on any atom is 0.218 e. The van der Waals surface area contributed by atoms with Gasteiger partial charge in [0.2, 0.25) is 5.88 Å². The molecule has 0 aliphatic carbocycles. The van der Waals surface area contributed by atoms with E-state index in [1.807, 2.05) is 24.4 Å². The number of hydrogen-bond donors (Lipinski definition) is 2. The second-order valence-electron chi connectivity index (χ2n) is 3.99. The van der Waals surface area contributed by atoms with E-state index in [0.717, 1.165) is 22.4 Å². The molecule has 3 aromatic heterocycles. The largest absolute Gasteiger partial charge is 0.481 e. The lowest BCUT2D eigenvalue weighted by atomic mass is 10.2. The predicted molar refractivity (Wildman–Crippen MR) is 72.0 cm³/mol. The Morgan fingerprint density at radius 3 is 3.11 bits per heavy atom. The van der Waals surface area contributed by atoms with Gasteiger partial charge in [-0.1, -0.05) is 6.07 Å². The van der Waals surface area contributed by atoms with Crippen LogP contribution in [0.5, 0.6) is 5.88 Å². The zero-order chi connectivity index (χ0) is 13.1. The van der Waals surface area contributed by atoms with Crippen molar-refractivity contribution in [2.45, 2.75) is 6.54 Å². The first-order valence-electron chi connectivity index (χ1n) is 5.88. The van der Waals surface area contributed by atoms with Crippen molar-refractivity contribution in [1.29, 1.82) is 0 Å². The number of nitrogens with zero attached hydrogens (tertiary/aromatic N) is 3. The Morgan fingerprint density at radius 1 is 1.26 bits per heavy atom. The molecule has 0 fully saturated rings. The number of aromatic nitrogens is 4. The number of pyridine rings is 1. The molecule has 19 heavy (non-hydrogen) atoms. The number of methoxy groups -OCH3 is 1. The van der Waals surface area contributed by atoms with E-state index in [4.69, 9.17) is 4.74 Å². The van der Waals surface area contributed by atoms with Gasteiger partial charge in [-0.05, 0) is 12.1 Å². The molecule has 3 aromatic rings. The van der Waals surface area contributed by atoms with E-state index in [-0.39, 0.29) is 0 Å². The molecule has 96 valence electrons. The first-order valence-corrected chi connectivity index (χ1v) is 5.88. The minimum Gasteiger partial charge on any atom is -0.481 e. The third kappa shape index (κ3) is 2.20. The van der Waals surface area contributed by atoms with Crippen molar-refractivity contribution in [3.8, 4) is 5.88 Å². The Balaban J connectivity index is 1.84. The number of hydrogen-bond acceptors (Lipinski definition) is 5. The van der Waals surface area contributed by atoms with Crippen molar-refractivity contribution >= 4 is 16.9 Å². The molecule has 0 radical (unpaired) electrons. The fourth-order valence-electron chi connectivity index (χ4n) is 1.93. The minimum atomic E-state index is 0.585. The molecular weight excluding hydrogens is 242 g/mol. The Morgan fingerprint density at radius 2 is 2.21 bits per heavy atom. The maximum atomic E-state index is 5.21.